The van der Waals surface area contributed by atoms with Gasteiger partial charge in [-0.05, 0) is 19.1 Å². The van der Waals surface area contributed by atoms with Crippen molar-refractivity contribution in [3.8, 4) is 0 Å². The Morgan fingerprint density at radius 3 is 2.50 bits per heavy atom. The lowest BCUT2D eigenvalue weighted by atomic mass is 10.1. The van der Waals surface area contributed by atoms with E-state index >= 15 is 0 Å². The standard InChI is InChI=1S/C17H14ClNO6S/c1-10-2-3-11(8-12(10)19(23)24)14(21)9-25-17(22)7-4-13(20)15-5-6-16(18)26-15/h2-3,5-6,8H,4,7,9H2,1H3. The van der Waals surface area contributed by atoms with E-state index < -0.39 is 23.3 Å². The van der Waals surface area contributed by atoms with Gasteiger partial charge in [0.25, 0.3) is 5.69 Å². The van der Waals surface area contributed by atoms with Gasteiger partial charge >= 0.3 is 5.97 Å². The Hall–Kier alpha value is -2.58. The maximum Gasteiger partial charge on any atom is 0.306 e. The Kier molecular flexibility index (Phi) is 6.59. The van der Waals surface area contributed by atoms with Gasteiger partial charge in [0.1, 0.15) is 0 Å². The van der Waals surface area contributed by atoms with Crippen molar-refractivity contribution in [2.45, 2.75) is 19.8 Å². The second-order valence-electron chi connectivity index (χ2n) is 5.37. The summed E-state index contributed by atoms with van der Waals surface area (Å²) < 4.78 is 5.33. The highest BCUT2D eigenvalue weighted by Crippen LogP contribution is 2.23. The molecule has 2 aromatic rings. The minimum Gasteiger partial charge on any atom is -0.457 e. The number of thiophene rings is 1. The van der Waals surface area contributed by atoms with E-state index in [0.29, 0.717) is 14.8 Å². The molecule has 0 atom stereocenters. The maximum atomic E-state index is 12.0. The molecule has 0 unspecified atom stereocenters. The molecule has 0 saturated heterocycles. The van der Waals surface area contributed by atoms with E-state index in [1.165, 1.54) is 12.1 Å². The van der Waals surface area contributed by atoms with Crippen LogP contribution in [0.3, 0.4) is 0 Å². The molecule has 0 fully saturated rings. The third-order valence-corrected chi connectivity index (χ3v) is 4.77. The summed E-state index contributed by atoms with van der Waals surface area (Å²) in [6.07, 6.45) is -0.227. The number of aryl methyl sites for hydroxylation is 1. The number of halogens is 1. The van der Waals surface area contributed by atoms with Gasteiger partial charge in [0.2, 0.25) is 5.78 Å². The first kappa shape index (κ1) is 19.7. The van der Waals surface area contributed by atoms with Crippen molar-refractivity contribution in [2.75, 3.05) is 6.61 Å². The normalized spacial score (nSPS) is 10.4. The highest BCUT2D eigenvalue weighted by molar-refractivity contribution is 7.18. The molecule has 0 aliphatic rings. The molecular formula is C17H14ClNO6S. The minimum absolute atomic E-state index is 0.0557. The predicted molar refractivity (Wildman–Crippen MR) is 96.0 cm³/mol. The largest absolute Gasteiger partial charge is 0.457 e. The summed E-state index contributed by atoms with van der Waals surface area (Å²) in [5, 5.41) is 10.9. The molecule has 0 aliphatic heterocycles. The summed E-state index contributed by atoms with van der Waals surface area (Å²) in [6, 6.07) is 7.21. The van der Waals surface area contributed by atoms with Gasteiger partial charge in [-0.15, -0.1) is 11.3 Å². The Morgan fingerprint density at radius 2 is 1.88 bits per heavy atom. The number of hydrogen-bond acceptors (Lipinski definition) is 7. The summed E-state index contributed by atoms with van der Waals surface area (Å²) in [5.74, 6) is -1.49. The number of ketones is 2. The Bertz CT molecular complexity index is 876. The van der Waals surface area contributed by atoms with Gasteiger partial charge in [0, 0.05) is 23.6 Å². The lowest BCUT2D eigenvalue weighted by Crippen LogP contribution is -2.15. The molecule has 26 heavy (non-hydrogen) atoms. The smallest absolute Gasteiger partial charge is 0.306 e. The van der Waals surface area contributed by atoms with E-state index in [0.717, 1.165) is 17.4 Å². The monoisotopic (exact) mass is 395 g/mol. The lowest BCUT2D eigenvalue weighted by molar-refractivity contribution is -0.385. The lowest BCUT2D eigenvalue weighted by Gasteiger charge is -2.05. The Morgan fingerprint density at radius 1 is 1.15 bits per heavy atom. The fourth-order valence-electron chi connectivity index (χ4n) is 2.08. The van der Waals surface area contributed by atoms with Crippen LogP contribution < -0.4 is 0 Å². The van der Waals surface area contributed by atoms with Crippen LogP contribution in [0.4, 0.5) is 5.69 Å². The van der Waals surface area contributed by atoms with Crippen molar-refractivity contribution in [3.05, 3.63) is 60.8 Å². The third kappa shape index (κ3) is 5.21. The number of ether oxygens (including phenoxy) is 1. The van der Waals surface area contributed by atoms with Crippen LogP contribution in [0, 0.1) is 17.0 Å². The molecule has 2 rings (SSSR count). The van der Waals surface area contributed by atoms with E-state index in [1.807, 2.05) is 0 Å². The van der Waals surface area contributed by atoms with Crippen molar-refractivity contribution < 1.29 is 24.0 Å². The van der Waals surface area contributed by atoms with Crippen LogP contribution in [0.25, 0.3) is 0 Å². The Labute approximate surface area is 157 Å². The maximum absolute atomic E-state index is 12.0. The number of nitrogens with zero attached hydrogens (tertiary/aromatic N) is 1. The average molecular weight is 396 g/mol. The van der Waals surface area contributed by atoms with Crippen molar-refractivity contribution >= 4 is 46.2 Å². The predicted octanol–water partition coefficient (Wildman–Crippen LogP) is 4.01. The molecular weight excluding hydrogens is 382 g/mol. The summed E-state index contributed by atoms with van der Waals surface area (Å²) in [4.78, 5) is 46.3. The highest BCUT2D eigenvalue weighted by atomic mass is 35.5. The number of hydrogen-bond donors (Lipinski definition) is 0. The SMILES string of the molecule is Cc1ccc(C(=O)COC(=O)CCC(=O)c2ccc(Cl)s2)cc1[N+](=O)[O-]. The summed E-state index contributed by atoms with van der Waals surface area (Å²) in [5.41, 5.74) is 0.331. The van der Waals surface area contributed by atoms with Gasteiger partial charge in [-0.3, -0.25) is 24.5 Å². The summed E-state index contributed by atoms with van der Waals surface area (Å²) >= 11 is 6.87. The molecule has 0 amide bonds. The van der Waals surface area contributed by atoms with Crippen LogP contribution in [0.1, 0.15) is 38.4 Å². The Balaban J connectivity index is 1.85. The minimum atomic E-state index is -0.698. The molecule has 0 spiro atoms. The van der Waals surface area contributed by atoms with Crippen molar-refractivity contribution in [2.24, 2.45) is 0 Å². The van der Waals surface area contributed by atoms with Gasteiger partial charge in [0.05, 0.1) is 20.6 Å². The number of esters is 1. The van der Waals surface area contributed by atoms with Gasteiger partial charge in [-0.1, -0.05) is 23.7 Å². The third-order valence-electron chi connectivity index (χ3n) is 3.50. The second-order valence-corrected chi connectivity index (χ2v) is 7.08. The second kappa shape index (κ2) is 8.68. The van der Waals surface area contributed by atoms with E-state index in [1.54, 1.807) is 19.1 Å². The molecule has 0 saturated carbocycles. The van der Waals surface area contributed by atoms with Crippen LogP contribution in [0.15, 0.2) is 30.3 Å². The first-order valence-electron chi connectivity index (χ1n) is 7.50. The van der Waals surface area contributed by atoms with Gasteiger partial charge < -0.3 is 4.74 Å². The van der Waals surface area contributed by atoms with Crippen molar-refractivity contribution in [1.29, 1.82) is 0 Å². The van der Waals surface area contributed by atoms with Crippen LogP contribution in [0.5, 0.6) is 0 Å². The van der Waals surface area contributed by atoms with Crippen LogP contribution in [-0.4, -0.2) is 29.1 Å². The summed E-state index contributed by atoms with van der Waals surface area (Å²) in [7, 11) is 0. The molecule has 0 bridgehead atoms. The van der Waals surface area contributed by atoms with Crippen molar-refractivity contribution in [3.63, 3.8) is 0 Å². The van der Waals surface area contributed by atoms with E-state index in [4.69, 9.17) is 16.3 Å². The first-order chi connectivity index (χ1) is 12.3. The van der Waals surface area contributed by atoms with Crippen molar-refractivity contribution in [1.82, 2.24) is 0 Å². The average Bonchev–Trinajstić information content (AvgIpc) is 3.04. The van der Waals surface area contributed by atoms with Gasteiger partial charge in [-0.2, -0.15) is 0 Å². The van der Waals surface area contributed by atoms with E-state index in [-0.39, 0.29) is 29.9 Å². The highest BCUT2D eigenvalue weighted by Gasteiger charge is 2.17. The summed E-state index contributed by atoms with van der Waals surface area (Å²) in [6.45, 7) is 1.02. The van der Waals surface area contributed by atoms with Gasteiger partial charge in [-0.25, -0.2) is 0 Å². The van der Waals surface area contributed by atoms with Crippen LogP contribution in [0.2, 0.25) is 4.34 Å². The fourth-order valence-corrected chi connectivity index (χ4v) is 3.09. The molecule has 9 heteroatoms. The molecule has 0 N–H and O–H groups in total. The molecule has 136 valence electrons. The van der Waals surface area contributed by atoms with Gasteiger partial charge in [0.15, 0.2) is 12.4 Å². The number of benzene rings is 1. The molecule has 1 aromatic carbocycles. The molecule has 0 radical (unpaired) electrons. The topological polar surface area (TPSA) is 104 Å². The molecule has 1 aromatic heterocycles. The number of nitro benzene ring substituents is 1. The zero-order valence-corrected chi connectivity index (χ0v) is 15.3. The number of rotatable bonds is 8. The van der Waals surface area contributed by atoms with Crippen LogP contribution in [-0.2, 0) is 9.53 Å². The zero-order chi connectivity index (χ0) is 19.3. The number of Topliss-reactive ketones (excluding diaryl/α,β-unsaturated/α-hetero) is 2. The number of carbonyl (C=O) groups is 3. The quantitative estimate of drug-likeness (QED) is 0.289. The number of nitro groups is 1. The van der Waals surface area contributed by atoms with E-state index in [9.17, 15) is 24.5 Å². The molecule has 1 heterocycles. The number of carbonyl (C=O) groups excluding carboxylic acids is 3. The van der Waals surface area contributed by atoms with E-state index in [2.05, 4.69) is 0 Å². The molecule has 0 aliphatic carbocycles. The fraction of sp³-hybridized carbons (Fsp3) is 0.235. The zero-order valence-electron chi connectivity index (χ0n) is 13.7. The molecule has 7 nitrogen and oxygen atoms in total. The first-order valence-corrected chi connectivity index (χ1v) is 8.69. The van der Waals surface area contributed by atoms with Crippen LogP contribution >= 0.6 is 22.9 Å².